The summed E-state index contributed by atoms with van der Waals surface area (Å²) in [5.74, 6) is -0.216. The summed E-state index contributed by atoms with van der Waals surface area (Å²) in [6.07, 6.45) is 3.94. The number of fused-ring (bicyclic) bond motifs is 1. The highest BCUT2D eigenvalue weighted by Crippen LogP contribution is 2.28. The third-order valence-electron chi connectivity index (χ3n) is 5.52. The number of pyridine rings is 1. The number of hydrogen-bond donors (Lipinski definition) is 4. The molecule has 0 saturated carbocycles. The van der Waals surface area contributed by atoms with Crippen molar-refractivity contribution in [2.45, 2.75) is 13.5 Å². The number of nitrogens with zero attached hydrogens (tertiary/aromatic N) is 3. The van der Waals surface area contributed by atoms with Crippen LogP contribution in [0.15, 0.2) is 78.4 Å². The number of nitrogen functional groups attached to an aromatic ring is 1. The van der Waals surface area contributed by atoms with Crippen LogP contribution in [-0.2, 0) is 6.54 Å². The molecule has 5 aromatic rings. The van der Waals surface area contributed by atoms with Gasteiger partial charge >= 0.3 is 0 Å². The van der Waals surface area contributed by atoms with Gasteiger partial charge in [0.25, 0.3) is 5.91 Å². The zero-order valence-electron chi connectivity index (χ0n) is 19.2. The lowest BCUT2D eigenvalue weighted by Gasteiger charge is -2.08. The smallest absolute Gasteiger partial charge is 0.255 e. The van der Waals surface area contributed by atoms with Gasteiger partial charge in [-0.3, -0.25) is 9.20 Å². The first-order chi connectivity index (χ1) is 17.1. The van der Waals surface area contributed by atoms with Crippen LogP contribution in [0.4, 0.5) is 22.2 Å². The van der Waals surface area contributed by atoms with Gasteiger partial charge in [-0.05, 0) is 54.6 Å². The predicted octanol–water partition coefficient (Wildman–Crippen LogP) is 5.15. The van der Waals surface area contributed by atoms with Crippen LogP contribution in [0, 0.1) is 0 Å². The topological polar surface area (TPSA) is 109 Å². The molecule has 5 N–H and O–H groups in total. The van der Waals surface area contributed by atoms with Crippen LogP contribution >= 0.6 is 11.3 Å². The Morgan fingerprint density at radius 3 is 2.71 bits per heavy atom. The van der Waals surface area contributed by atoms with Gasteiger partial charge < -0.3 is 21.7 Å². The lowest BCUT2D eigenvalue weighted by atomic mass is 10.2. The Morgan fingerprint density at radius 2 is 1.91 bits per heavy atom. The highest BCUT2D eigenvalue weighted by atomic mass is 32.1. The molecule has 1 amide bonds. The first-order valence-corrected chi connectivity index (χ1v) is 12.1. The van der Waals surface area contributed by atoms with E-state index in [0.717, 1.165) is 40.9 Å². The van der Waals surface area contributed by atoms with Gasteiger partial charge in [0, 0.05) is 29.4 Å². The molecule has 0 aliphatic heterocycles. The second kappa shape index (κ2) is 9.96. The molecule has 176 valence electrons. The van der Waals surface area contributed by atoms with Gasteiger partial charge in [0.15, 0.2) is 5.13 Å². The lowest BCUT2D eigenvalue weighted by molar-refractivity contribution is 0.102. The molecule has 0 aliphatic rings. The Hall–Kier alpha value is -4.21. The van der Waals surface area contributed by atoms with Gasteiger partial charge in [0.2, 0.25) is 0 Å². The summed E-state index contributed by atoms with van der Waals surface area (Å²) in [5.41, 5.74) is 12.3. The molecule has 9 heteroatoms. The van der Waals surface area contributed by atoms with E-state index < -0.39 is 0 Å². The normalized spacial score (nSPS) is 11.0. The van der Waals surface area contributed by atoms with E-state index in [1.54, 1.807) is 24.3 Å². The second-order valence-corrected chi connectivity index (χ2v) is 8.83. The number of anilines is 4. The van der Waals surface area contributed by atoms with E-state index >= 15 is 0 Å². The Kier molecular flexibility index (Phi) is 6.42. The molecule has 0 aliphatic carbocycles. The first kappa shape index (κ1) is 22.6. The van der Waals surface area contributed by atoms with E-state index in [4.69, 9.17) is 10.7 Å². The SMILES string of the molecule is CCNCc1ccc2ncc(-c3csc(Nc4ccc(C(=O)Nc5ccccc5N)cc4)n3)n2c1. The highest BCUT2D eigenvalue weighted by Gasteiger charge is 2.12. The average molecular weight is 484 g/mol. The summed E-state index contributed by atoms with van der Waals surface area (Å²) >= 11 is 1.51. The number of nitrogens with one attached hydrogen (secondary N) is 3. The van der Waals surface area contributed by atoms with Gasteiger partial charge in [-0.15, -0.1) is 11.3 Å². The molecule has 35 heavy (non-hydrogen) atoms. The van der Waals surface area contributed by atoms with Crippen molar-refractivity contribution in [3.8, 4) is 11.4 Å². The maximum absolute atomic E-state index is 12.6. The standard InChI is InChI=1S/C26H25N7OS/c1-2-28-13-17-7-12-24-29-14-23(33(24)15-17)22-16-35-26(32-22)30-19-10-8-18(9-11-19)25(34)31-21-6-4-3-5-20(21)27/h3-12,14-16,28H,2,13,27H2,1H3,(H,30,32)(H,31,34). The lowest BCUT2D eigenvalue weighted by Crippen LogP contribution is -2.13. The van der Waals surface area contributed by atoms with Crippen molar-refractivity contribution in [2.24, 2.45) is 0 Å². The highest BCUT2D eigenvalue weighted by molar-refractivity contribution is 7.14. The summed E-state index contributed by atoms with van der Waals surface area (Å²) in [6, 6.07) is 18.5. The van der Waals surface area contributed by atoms with Crippen molar-refractivity contribution in [2.75, 3.05) is 22.9 Å². The zero-order chi connectivity index (χ0) is 24.2. The molecule has 0 spiro atoms. The summed E-state index contributed by atoms with van der Waals surface area (Å²) in [6.45, 7) is 3.82. The Labute approximate surface area is 206 Å². The number of benzene rings is 2. The third kappa shape index (κ3) is 5.01. The minimum absolute atomic E-state index is 0.216. The minimum atomic E-state index is -0.216. The molecule has 3 heterocycles. The van der Waals surface area contributed by atoms with Crippen molar-refractivity contribution in [3.63, 3.8) is 0 Å². The summed E-state index contributed by atoms with van der Waals surface area (Å²) in [4.78, 5) is 21.8. The molecular formula is C26H25N7OS. The molecule has 0 unspecified atom stereocenters. The van der Waals surface area contributed by atoms with Gasteiger partial charge in [-0.1, -0.05) is 25.1 Å². The van der Waals surface area contributed by atoms with Crippen LogP contribution in [0.25, 0.3) is 17.0 Å². The van der Waals surface area contributed by atoms with Crippen molar-refractivity contribution < 1.29 is 4.79 Å². The van der Waals surface area contributed by atoms with Crippen LogP contribution in [0.2, 0.25) is 0 Å². The number of carbonyl (C=O) groups excluding carboxylic acids is 1. The summed E-state index contributed by atoms with van der Waals surface area (Å²) < 4.78 is 2.07. The van der Waals surface area contributed by atoms with Crippen LogP contribution in [0.1, 0.15) is 22.8 Å². The van der Waals surface area contributed by atoms with Crippen LogP contribution in [0.5, 0.6) is 0 Å². The van der Waals surface area contributed by atoms with Crippen LogP contribution < -0.4 is 21.7 Å². The van der Waals surface area contributed by atoms with Crippen LogP contribution in [-0.4, -0.2) is 26.8 Å². The summed E-state index contributed by atoms with van der Waals surface area (Å²) in [7, 11) is 0. The fourth-order valence-corrected chi connectivity index (χ4v) is 4.40. The Balaban J connectivity index is 1.28. The number of para-hydroxylation sites is 2. The number of imidazole rings is 1. The van der Waals surface area contributed by atoms with E-state index in [9.17, 15) is 4.79 Å². The van der Waals surface area contributed by atoms with Crippen molar-refractivity contribution in [1.82, 2.24) is 19.7 Å². The predicted molar refractivity (Wildman–Crippen MR) is 142 cm³/mol. The van der Waals surface area contributed by atoms with Gasteiger partial charge in [0.05, 0.1) is 23.3 Å². The summed E-state index contributed by atoms with van der Waals surface area (Å²) in [5, 5.41) is 12.3. The maximum atomic E-state index is 12.6. The number of amides is 1. The van der Waals surface area contributed by atoms with Gasteiger partial charge in [0.1, 0.15) is 11.3 Å². The Bertz CT molecular complexity index is 1470. The van der Waals surface area contributed by atoms with Crippen molar-refractivity contribution >= 4 is 45.1 Å². The minimum Gasteiger partial charge on any atom is -0.397 e. The molecule has 0 fully saturated rings. The van der Waals surface area contributed by atoms with Gasteiger partial charge in [-0.2, -0.15) is 0 Å². The van der Waals surface area contributed by atoms with E-state index in [0.29, 0.717) is 16.9 Å². The fourth-order valence-electron chi connectivity index (χ4n) is 3.67. The van der Waals surface area contributed by atoms with E-state index in [2.05, 4.69) is 44.5 Å². The number of hydrogen-bond acceptors (Lipinski definition) is 7. The molecule has 0 bridgehead atoms. The zero-order valence-corrected chi connectivity index (χ0v) is 20.0. The van der Waals surface area contributed by atoms with Gasteiger partial charge in [-0.25, -0.2) is 9.97 Å². The number of aromatic nitrogens is 3. The third-order valence-corrected chi connectivity index (χ3v) is 6.28. The molecule has 3 aromatic heterocycles. The van der Waals surface area contributed by atoms with E-state index in [1.807, 2.05) is 41.9 Å². The largest absolute Gasteiger partial charge is 0.397 e. The number of rotatable bonds is 8. The monoisotopic (exact) mass is 483 g/mol. The maximum Gasteiger partial charge on any atom is 0.255 e. The molecule has 8 nitrogen and oxygen atoms in total. The number of thiazole rings is 1. The number of carbonyl (C=O) groups is 1. The van der Waals surface area contributed by atoms with Crippen LogP contribution in [0.3, 0.4) is 0 Å². The molecular weight excluding hydrogens is 458 g/mol. The quantitative estimate of drug-likeness (QED) is 0.227. The van der Waals surface area contributed by atoms with E-state index in [-0.39, 0.29) is 5.91 Å². The molecule has 2 aromatic carbocycles. The second-order valence-electron chi connectivity index (χ2n) is 7.97. The fraction of sp³-hybridized carbons (Fsp3) is 0.115. The first-order valence-electron chi connectivity index (χ1n) is 11.3. The average Bonchev–Trinajstić information content (AvgIpc) is 3.51. The Morgan fingerprint density at radius 1 is 1.09 bits per heavy atom. The van der Waals surface area contributed by atoms with E-state index in [1.165, 1.54) is 16.9 Å². The molecule has 0 atom stereocenters. The van der Waals surface area contributed by atoms with Crippen molar-refractivity contribution in [3.05, 3.63) is 89.6 Å². The number of nitrogens with two attached hydrogens (primary N) is 1. The van der Waals surface area contributed by atoms with Crippen molar-refractivity contribution in [1.29, 1.82) is 0 Å². The molecule has 0 saturated heterocycles. The molecule has 0 radical (unpaired) electrons. The molecule has 5 rings (SSSR count).